The lowest BCUT2D eigenvalue weighted by Crippen LogP contribution is -2.56. The molecule has 0 N–H and O–H groups in total. The number of nitrogens with zero attached hydrogens (tertiary/aromatic N) is 5. The molecule has 142 valence electrons. The molecule has 1 aromatic rings. The average Bonchev–Trinajstić information content (AvgIpc) is 2.83. The summed E-state index contributed by atoms with van der Waals surface area (Å²) in [7, 11) is 3.91. The summed E-state index contributed by atoms with van der Waals surface area (Å²) >= 11 is 0. The Labute approximate surface area is 155 Å². The van der Waals surface area contributed by atoms with Crippen LogP contribution in [0.3, 0.4) is 0 Å². The van der Waals surface area contributed by atoms with Crippen LogP contribution in [0.25, 0.3) is 0 Å². The van der Waals surface area contributed by atoms with Crippen molar-refractivity contribution in [3.05, 3.63) is 30.1 Å². The average molecular weight is 359 g/mol. The van der Waals surface area contributed by atoms with Gasteiger partial charge in [0, 0.05) is 51.7 Å². The van der Waals surface area contributed by atoms with Crippen LogP contribution in [0.15, 0.2) is 24.5 Å². The van der Waals surface area contributed by atoms with Gasteiger partial charge in [0.25, 0.3) is 5.91 Å². The molecule has 1 spiro atoms. The minimum absolute atomic E-state index is 0.00720. The number of pyridine rings is 1. The van der Waals surface area contributed by atoms with Crippen molar-refractivity contribution in [1.82, 2.24) is 24.6 Å². The molecule has 7 nitrogen and oxygen atoms in total. The molecule has 2 aliphatic heterocycles. The fraction of sp³-hybridized carbons (Fsp3) is 0.632. The van der Waals surface area contributed by atoms with Gasteiger partial charge in [-0.2, -0.15) is 0 Å². The van der Waals surface area contributed by atoms with Gasteiger partial charge in [-0.05, 0) is 45.5 Å². The summed E-state index contributed by atoms with van der Waals surface area (Å²) in [5.74, 6) is -0.00720. The smallest absolute Gasteiger partial charge is 0.310 e. The van der Waals surface area contributed by atoms with Crippen LogP contribution in [-0.2, 0) is 11.3 Å². The van der Waals surface area contributed by atoms with Crippen molar-refractivity contribution in [3.63, 3.8) is 0 Å². The molecule has 7 heteroatoms. The highest BCUT2D eigenvalue weighted by Crippen LogP contribution is 2.37. The third-order valence-corrected chi connectivity index (χ3v) is 5.52. The van der Waals surface area contributed by atoms with E-state index in [1.807, 2.05) is 38.2 Å². The first-order chi connectivity index (χ1) is 12.5. The van der Waals surface area contributed by atoms with Gasteiger partial charge in [0.1, 0.15) is 5.54 Å². The lowest BCUT2D eigenvalue weighted by atomic mass is 9.85. The second-order valence-corrected chi connectivity index (χ2v) is 7.46. The van der Waals surface area contributed by atoms with Crippen LogP contribution in [0.5, 0.6) is 0 Å². The van der Waals surface area contributed by atoms with Crippen molar-refractivity contribution < 1.29 is 9.59 Å². The number of aromatic nitrogens is 1. The number of carbonyl (C=O) groups is 2. The van der Waals surface area contributed by atoms with E-state index in [0.717, 1.165) is 19.6 Å². The maximum atomic E-state index is 13.2. The first kappa shape index (κ1) is 18.8. The highest BCUT2D eigenvalue weighted by molar-refractivity contribution is 6.07. The van der Waals surface area contributed by atoms with E-state index >= 15 is 0 Å². The zero-order valence-corrected chi connectivity index (χ0v) is 16.0. The summed E-state index contributed by atoms with van der Waals surface area (Å²) < 4.78 is 0. The second-order valence-electron chi connectivity index (χ2n) is 7.46. The van der Waals surface area contributed by atoms with E-state index in [9.17, 15) is 9.59 Å². The molecule has 26 heavy (non-hydrogen) atoms. The second kappa shape index (κ2) is 7.72. The number of rotatable bonds is 6. The van der Waals surface area contributed by atoms with Crippen molar-refractivity contribution in [2.45, 2.75) is 31.8 Å². The number of hydrogen-bond donors (Lipinski definition) is 0. The minimum Gasteiger partial charge on any atom is -0.310 e. The maximum Gasteiger partial charge on any atom is 0.327 e. The van der Waals surface area contributed by atoms with E-state index in [2.05, 4.69) is 16.0 Å². The summed E-state index contributed by atoms with van der Waals surface area (Å²) in [6, 6.07) is 3.89. The summed E-state index contributed by atoms with van der Waals surface area (Å²) in [6.45, 7) is 6.15. The van der Waals surface area contributed by atoms with Crippen molar-refractivity contribution >= 4 is 11.9 Å². The fourth-order valence-electron chi connectivity index (χ4n) is 4.03. The molecule has 0 aliphatic carbocycles. The summed E-state index contributed by atoms with van der Waals surface area (Å²) in [4.78, 5) is 37.7. The largest absolute Gasteiger partial charge is 0.327 e. The molecule has 0 bridgehead atoms. The van der Waals surface area contributed by atoms with Gasteiger partial charge in [0.15, 0.2) is 0 Å². The Kier molecular flexibility index (Phi) is 5.58. The zero-order chi connectivity index (χ0) is 18.7. The van der Waals surface area contributed by atoms with Gasteiger partial charge >= 0.3 is 6.03 Å². The predicted molar refractivity (Wildman–Crippen MR) is 99.5 cm³/mol. The van der Waals surface area contributed by atoms with Crippen LogP contribution < -0.4 is 0 Å². The number of likely N-dealkylation sites (tertiary alicyclic amines) is 1. The van der Waals surface area contributed by atoms with Gasteiger partial charge in [-0.3, -0.25) is 19.6 Å². The lowest BCUT2D eigenvalue weighted by molar-refractivity contribution is -0.135. The molecule has 2 fully saturated rings. The highest BCUT2D eigenvalue weighted by atomic mass is 16.2. The Morgan fingerprint density at radius 2 is 1.96 bits per heavy atom. The van der Waals surface area contributed by atoms with Gasteiger partial charge in [0.05, 0.1) is 0 Å². The van der Waals surface area contributed by atoms with Crippen LogP contribution in [0.4, 0.5) is 4.79 Å². The molecule has 3 heterocycles. The van der Waals surface area contributed by atoms with Gasteiger partial charge < -0.3 is 9.80 Å². The predicted octanol–water partition coefficient (Wildman–Crippen LogP) is 1.26. The number of carbonyl (C=O) groups excluding carboxylic acids is 2. The Morgan fingerprint density at radius 1 is 1.23 bits per heavy atom. The molecule has 2 saturated heterocycles. The number of amides is 3. The van der Waals surface area contributed by atoms with E-state index in [1.54, 1.807) is 11.1 Å². The normalized spacial score (nSPS) is 20.6. The van der Waals surface area contributed by atoms with E-state index < -0.39 is 5.54 Å². The Morgan fingerprint density at radius 3 is 2.54 bits per heavy atom. The third-order valence-electron chi connectivity index (χ3n) is 5.52. The van der Waals surface area contributed by atoms with Gasteiger partial charge in [-0.1, -0.05) is 6.07 Å². The lowest BCUT2D eigenvalue weighted by Gasteiger charge is -2.41. The first-order valence-electron chi connectivity index (χ1n) is 9.37. The molecule has 1 aromatic heterocycles. The van der Waals surface area contributed by atoms with Gasteiger partial charge in [0.2, 0.25) is 0 Å². The molecule has 3 rings (SSSR count). The quantitative estimate of drug-likeness (QED) is 0.716. The SMILES string of the molecule is CCN1C(=O)N(CCN(C)C)C(=O)C12CCN(Cc1cccnc1)CC2. The Bertz CT molecular complexity index is 641. The number of piperidine rings is 1. The maximum absolute atomic E-state index is 13.2. The minimum atomic E-state index is -0.649. The third kappa shape index (κ3) is 3.46. The molecule has 0 radical (unpaired) electrons. The molecule has 0 unspecified atom stereocenters. The molecule has 0 atom stereocenters. The number of likely N-dealkylation sites (N-methyl/N-ethyl adjacent to an activating group) is 2. The van der Waals surface area contributed by atoms with Crippen LogP contribution >= 0.6 is 0 Å². The van der Waals surface area contributed by atoms with Crippen molar-refractivity contribution in [2.24, 2.45) is 0 Å². The van der Waals surface area contributed by atoms with E-state index in [4.69, 9.17) is 0 Å². The standard InChI is InChI=1S/C19H29N5O2/c1-4-24-18(26)23(13-12-21(2)3)17(25)19(24)7-10-22(11-8-19)15-16-6-5-9-20-14-16/h5-6,9,14H,4,7-8,10-13,15H2,1-3H3. The van der Waals surface area contributed by atoms with Crippen LogP contribution in [0.1, 0.15) is 25.3 Å². The van der Waals surface area contributed by atoms with Crippen molar-refractivity contribution in [3.8, 4) is 0 Å². The number of hydrogen-bond acceptors (Lipinski definition) is 5. The molecule has 2 aliphatic rings. The number of imide groups is 1. The summed E-state index contributed by atoms with van der Waals surface area (Å²) in [6.07, 6.45) is 5.06. The van der Waals surface area contributed by atoms with Crippen molar-refractivity contribution in [1.29, 1.82) is 0 Å². The molecule has 0 aromatic carbocycles. The zero-order valence-electron chi connectivity index (χ0n) is 16.0. The molecule has 3 amide bonds. The van der Waals surface area contributed by atoms with Gasteiger partial charge in [-0.25, -0.2) is 4.79 Å². The topological polar surface area (TPSA) is 60.0 Å². The van der Waals surface area contributed by atoms with E-state index in [-0.39, 0.29) is 11.9 Å². The number of urea groups is 1. The van der Waals surface area contributed by atoms with E-state index in [1.165, 1.54) is 10.5 Å². The summed E-state index contributed by atoms with van der Waals surface area (Å²) in [5, 5.41) is 0. The summed E-state index contributed by atoms with van der Waals surface area (Å²) in [5.41, 5.74) is 0.529. The Hall–Kier alpha value is -1.99. The Balaban J connectivity index is 1.69. The first-order valence-corrected chi connectivity index (χ1v) is 9.37. The molecular weight excluding hydrogens is 330 g/mol. The molecule has 0 saturated carbocycles. The van der Waals surface area contributed by atoms with E-state index in [0.29, 0.717) is 32.5 Å². The van der Waals surface area contributed by atoms with Crippen LogP contribution in [0, 0.1) is 0 Å². The highest BCUT2D eigenvalue weighted by Gasteiger charge is 2.57. The van der Waals surface area contributed by atoms with Gasteiger partial charge in [-0.15, -0.1) is 0 Å². The monoisotopic (exact) mass is 359 g/mol. The van der Waals surface area contributed by atoms with Crippen molar-refractivity contribution in [2.75, 3.05) is 46.8 Å². The van der Waals surface area contributed by atoms with Crippen LogP contribution in [-0.4, -0.2) is 88.9 Å². The fourth-order valence-corrected chi connectivity index (χ4v) is 4.03. The molecular formula is C19H29N5O2. The van der Waals surface area contributed by atoms with Crippen LogP contribution in [0.2, 0.25) is 0 Å².